The molecule has 1 heterocycles. The van der Waals surface area contributed by atoms with Crippen molar-refractivity contribution in [2.75, 3.05) is 27.2 Å². The van der Waals surface area contributed by atoms with Gasteiger partial charge in [0.25, 0.3) is 0 Å². The van der Waals surface area contributed by atoms with Gasteiger partial charge in [0.2, 0.25) is 11.8 Å². The molecule has 0 aromatic heterocycles. The van der Waals surface area contributed by atoms with E-state index in [0.29, 0.717) is 6.04 Å². The van der Waals surface area contributed by atoms with Gasteiger partial charge in [0.15, 0.2) is 0 Å². The Morgan fingerprint density at radius 3 is 2.35 bits per heavy atom. The van der Waals surface area contributed by atoms with Crippen molar-refractivity contribution < 1.29 is 9.59 Å². The van der Waals surface area contributed by atoms with Gasteiger partial charge in [-0.05, 0) is 32.2 Å². The topological polar surface area (TPSA) is 52.7 Å². The van der Waals surface area contributed by atoms with Crippen molar-refractivity contribution in [3.8, 4) is 0 Å². The second kappa shape index (κ2) is 7.07. The third-order valence-corrected chi connectivity index (χ3v) is 4.62. The van der Waals surface area contributed by atoms with Crippen molar-refractivity contribution in [3.63, 3.8) is 0 Å². The highest BCUT2D eigenvalue weighted by molar-refractivity contribution is 5.87. The average molecular weight is 281 g/mol. The van der Waals surface area contributed by atoms with Crippen LogP contribution in [0.25, 0.3) is 0 Å². The quantitative estimate of drug-likeness (QED) is 0.836. The number of nitrogens with one attached hydrogen (secondary N) is 1. The van der Waals surface area contributed by atoms with Gasteiger partial charge in [0, 0.05) is 20.1 Å². The maximum Gasteiger partial charge on any atom is 0.242 e. The molecule has 2 rings (SSSR count). The molecule has 0 radical (unpaired) electrons. The molecule has 0 spiro atoms. The third-order valence-electron chi connectivity index (χ3n) is 4.62. The lowest BCUT2D eigenvalue weighted by molar-refractivity contribution is -0.141. The van der Waals surface area contributed by atoms with Gasteiger partial charge in [-0.1, -0.05) is 19.3 Å². The Labute approximate surface area is 121 Å². The molecule has 20 heavy (non-hydrogen) atoms. The number of likely N-dealkylation sites (N-methyl/N-ethyl adjacent to an activating group) is 2. The van der Waals surface area contributed by atoms with Gasteiger partial charge in [-0.3, -0.25) is 9.59 Å². The Kier molecular flexibility index (Phi) is 5.40. The number of nitrogens with zero attached hydrogens (tertiary/aromatic N) is 2. The van der Waals surface area contributed by atoms with E-state index < -0.39 is 0 Å². The second-order valence-corrected chi connectivity index (χ2v) is 6.14. The zero-order valence-electron chi connectivity index (χ0n) is 12.7. The van der Waals surface area contributed by atoms with Gasteiger partial charge in [-0.15, -0.1) is 0 Å². The molecular weight excluding hydrogens is 254 g/mol. The third kappa shape index (κ3) is 3.72. The minimum Gasteiger partial charge on any atom is -0.341 e. The maximum absolute atomic E-state index is 12.3. The lowest BCUT2D eigenvalue weighted by atomic mass is 9.94. The Hall–Kier alpha value is -1.10. The predicted octanol–water partition coefficient (Wildman–Crippen LogP) is 0.988. The van der Waals surface area contributed by atoms with Crippen molar-refractivity contribution in [1.82, 2.24) is 15.1 Å². The molecule has 5 nitrogen and oxygen atoms in total. The molecule has 1 aliphatic carbocycles. The highest BCUT2D eigenvalue weighted by Gasteiger charge is 2.28. The average Bonchev–Trinajstić information content (AvgIpc) is 3.00. The minimum absolute atomic E-state index is 0.0490. The molecule has 2 amide bonds. The van der Waals surface area contributed by atoms with E-state index >= 15 is 0 Å². The van der Waals surface area contributed by atoms with Crippen LogP contribution in [0.4, 0.5) is 0 Å². The number of amides is 2. The first kappa shape index (κ1) is 15.3. The molecule has 1 saturated carbocycles. The Balaban J connectivity index is 1.81. The fraction of sp³-hybridized carbons (Fsp3) is 0.867. The first-order valence-electron chi connectivity index (χ1n) is 7.83. The van der Waals surface area contributed by atoms with Crippen molar-refractivity contribution in [1.29, 1.82) is 0 Å². The van der Waals surface area contributed by atoms with E-state index in [1.807, 2.05) is 11.9 Å². The molecule has 1 saturated heterocycles. The summed E-state index contributed by atoms with van der Waals surface area (Å²) in [6.07, 6.45) is 7.83. The molecule has 114 valence electrons. The number of carbonyl (C=O) groups is 2. The molecular formula is C15H27N3O2. The van der Waals surface area contributed by atoms with E-state index in [2.05, 4.69) is 5.32 Å². The van der Waals surface area contributed by atoms with E-state index in [4.69, 9.17) is 0 Å². The summed E-state index contributed by atoms with van der Waals surface area (Å²) in [5, 5.41) is 3.19. The number of hydrogen-bond acceptors (Lipinski definition) is 3. The van der Waals surface area contributed by atoms with E-state index in [1.165, 1.54) is 19.3 Å². The summed E-state index contributed by atoms with van der Waals surface area (Å²) in [6.45, 7) is 1.10. The van der Waals surface area contributed by atoms with Crippen LogP contribution in [0.5, 0.6) is 0 Å². The molecule has 0 bridgehead atoms. The van der Waals surface area contributed by atoms with Crippen LogP contribution in [0.3, 0.4) is 0 Å². The SMILES string of the molecule is CN(CC(=O)N(C)C1CCCCC1)C(=O)[C@@H]1CCCN1. The van der Waals surface area contributed by atoms with Crippen LogP contribution in [0.1, 0.15) is 44.9 Å². The van der Waals surface area contributed by atoms with Gasteiger partial charge in [0.05, 0.1) is 12.6 Å². The van der Waals surface area contributed by atoms with Crippen molar-refractivity contribution in [3.05, 3.63) is 0 Å². The largest absolute Gasteiger partial charge is 0.341 e. The summed E-state index contributed by atoms with van der Waals surface area (Å²) in [4.78, 5) is 27.9. The molecule has 0 unspecified atom stereocenters. The van der Waals surface area contributed by atoms with Gasteiger partial charge in [0.1, 0.15) is 0 Å². The number of hydrogen-bond donors (Lipinski definition) is 1. The lowest BCUT2D eigenvalue weighted by Gasteiger charge is -2.32. The summed E-state index contributed by atoms with van der Waals surface area (Å²) in [6, 6.07) is 0.275. The first-order chi connectivity index (χ1) is 9.59. The monoisotopic (exact) mass is 281 g/mol. The molecule has 0 aromatic carbocycles. The fourth-order valence-electron chi connectivity index (χ4n) is 3.23. The van der Waals surface area contributed by atoms with Crippen molar-refractivity contribution in [2.45, 2.75) is 57.0 Å². The van der Waals surface area contributed by atoms with E-state index in [0.717, 1.165) is 32.2 Å². The zero-order chi connectivity index (χ0) is 14.5. The van der Waals surface area contributed by atoms with E-state index in [9.17, 15) is 9.59 Å². The van der Waals surface area contributed by atoms with Crippen LogP contribution in [0.15, 0.2) is 0 Å². The van der Waals surface area contributed by atoms with E-state index in [1.54, 1.807) is 11.9 Å². The Bertz CT molecular complexity index is 347. The normalized spacial score (nSPS) is 23.6. The second-order valence-electron chi connectivity index (χ2n) is 6.14. The molecule has 1 aliphatic heterocycles. The highest BCUT2D eigenvalue weighted by atomic mass is 16.2. The zero-order valence-corrected chi connectivity index (χ0v) is 12.7. The number of carbonyl (C=O) groups excluding carboxylic acids is 2. The number of rotatable bonds is 4. The van der Waals surface area contributed by atoms with Gasteiger partial charge in [-0.25, -0.2) is 0 Å². The van der Waals surface area contributed by atoms with Gasteiger partial charge < -0.3 is 15.1 Å². The first-order valence-corrected chi connectivity index (χ1v) is 7.83. The summed E-state index contributed by atoms with van der Waals surface area (Å²) in [5.74, 6) is 0.110. The van der Waals surface area contributed by atoms with Crippen molar-refractivity contribution >= 4 is 11.8 Å². The summed E-state index contributed by atoms with van der Waals surface area (Å²) < 4.78 is 0. The Morgan fingerprint density at radius 2 is 1.75 bits per heavy atom. The summed E-state index contributed by atoms with van der Waals surface area (Å²) in [5.41, 5.74) is 0. The molecule has 0 aromatic rings. The minimum atomic E-state index is -0.0900. The van der Waals surface area contributed by atoms with Crippen molar-refractivity contribution in [2.24, 2.45) is 0 Å². The molecule has 1 atom stereocenters. The summed E-state index contributed by atoms with van der Waals surface area (Å²) in [7, 11) is 3.61. The maximum atomic E-state index is 12.3. The van der Waals surface area contributed by atoms with E-state index in [-0.39, 0.29) is 24.4 Å². The summed E-state index contributed by atoms with van der Waals surface area (Å²) >= 11 is 0. The van der Waals surface area contributed by atoms with Crippen LogP contribution >= 0.6 is 0 Å². The van der Waals surface area contributed by atoms with Gasteiger partial charge >= 0.3 is 0 Å². The Morgan fingerprint density at radius 1 is 1.05 bits per heavy atom. The molecule has 2 fully saturated rings. The molecule has 1 N–H and O–H groups in total. The van der Waals surface area contributed by atoms with Gasteiger partial charge in [-0.2, -0.15) is 0 Å². The fourth-order valence-corrected chi connectivity index (χ4v) is 3.23. The predicted molar refractivity (Wildman–Crippen MR) is 78.3 cm³/mol. The van der Waals surface area contributed by atoms with Crippen LogP contribution in [0.2, 0.25) is 0 Å². The highest BCUT2D eigenvalue weighted by Crippen LogP contribution is 2.21. The van der Waals surface area contributed by atoms with Crippen LogP contribution < -0.4 is 5.32 Å². The molecule has 2 aliphatic rings. The van der Waals surface area contributed by atoms with Crippen LogP contribution in [0, 0.1) is 0 Å². The van der Waals surface area contributed by atoms with Crippen LogP contribution in [-0.4, -0.2) is 60.9 Å². The smallest absolute Gasteiger partial charge is 0.242 e. The van der Waals surface area contributed by atoms with Crippen LogP contribution in [-0.2, 0) is 9.59 Å². The standard InChI is InChI=1S/C15H27N3O2/c1-17(15(20)13-9-6-10-16-13)11-14(19)18(2)12-7-4-3-5-8-12/h12-13,16H,3-11H2,1-2H3/t13-/m0/s1. The molecule has 5 heteroatoms. The lowest BCUT2D eigenvalue weighted by Crippen LogP contribution is -2.48.